The summed E-state index contributed by atoms with van der Waals surface area (Å²) in [5.74, 6) is 0.302. The van der Waals surface area contributed by atoms with Crippen molar-refractivity contribution in [3.05, 3.63) is 65.6 Å². The van der Waals surface area contributed by atoms with Crippen LogP contribution < -0.4 is 10.1 Å². The monoisotopic (exact) mass is 326 g/mol. The third-order valence-corrected chi connectivity index (χ3v) is 3.93. The van der Waals surface area contributed by atoms with Gasteiger partial charge in [-0.05, 0) is 48.9 Å². The first-order valence-electron chi connectivity index (χ1n) is 7.83. The SMILES string of the molecule is CCOc1ccc(CNC(=O)c2cc3ccc(F)cc3n2C)cc1. The second-order valence-corrected chi connectivity index (χ2v) is 5.55. The molecule has 4 nitrogen and oxygen atoms in total. The topological polar surface area (TPSA) is 43.3 Å². The lowest BCUT2D eigenvalue weighted by Gasteiger charge is -2.08. The minimum Gasteiger partial charge on any atom is -0.494 e. The van der Waals surface area contributed by atoms with Crippen LogP contribution in [0.25, 0.3) is 10.9 Å². The van der Waals surface area contributed by atoms with Gasteiger partial charge in [-0.1, -0.05) is 12.1 Å². The highest BCUT2D eigenvalue weighted by molar-refractivity contribution is 5.98. The Morgan fingerprint density at radius 1 is 1.17 bits per heavy atom. The summed E-state index contributed by atoms with van der Waals surface area (Å²) in [6.07, 6.45) is 0. The van der Waals surface area contributed by atoms with Crippen molar-refractivity contribution >= 4 is 16.8 Å². The first-order chi connectivity index (χ1) is 11.6. The Morgan fingerprint density at radius 2 is 1.92 bits per heavy atom. The lowest BCUT2D eigenvalue weighted by molar-refractivity contribution is 0.0943. The highest BCUT2D eigenvalue weighted by atomic mass is 19.1. The maximum absolute atomic E-state index is 13.4. The Labute approximate surface area is 139 Å². The molecule has 2 aromatic carbocycles. The van der Waals surface area contributed by atoms with E-state index in [0.717, 1.165) is 16.7 Å². The molecule has 3 rings (SSSR count). The number of halogens is 1. The van der Waals surface area contributed by atoms with E-state index >= 15 is 0 Å². The Balaban J connectivity index is 1.72. The van der Waals surface area contributed by atoms with Crippen LogP contribution in [0.15, 0.2) is 48.5 Å². The molecule has 1 N–H and O–H groups in total. The van der Waals surface area contributed by atoms with Gasteiger partial charge in [0.05, 0.1) is 12.1 Å². The van der Waals surface area contributed by atoms with Gasteiger partial charge in [0.2, 0.25) is 0 Å². The summed E-state index contributed by atoms with van der Waals surface area (Å²) in [5.41, 5.74) is 2.18. The summed E-state index contributed by atoms with van der Waals surface area (Å²) in [6, 6.07) is 13.9. The van der Waals surface area contributed by atoms with E-state index in [1.807, 2.05) is 31.2 Å². The molecule has 3 aromatic rings. The number of fused-ring (bicyclic) bond motifs is 1. The van der Waals surface area contributed by atoms with Crippen molar-refractivity contribution in [1.82, 2.24) is 9.88 Å². The van der Waals surface area contributed by atoms with Gasteiger partial charge in [0.25, 0.3) is 5.91 Å². The molecule has 0 fully saturated rings. The van der Waals surface area contributed by atoms with E-state index in [1.165, 1.54) is 12.1 Å². The molecule has 24 heavy (non-hydrogen) atoms. The zero-order valence-electron chi connectivity index (χ0n) is 13.7. The molecular formula is C19H19FN2O2. The van der Waals surface area contributed by atoms with Gasteiger partial charge in [-0.3, -0.25) is 4.79 Å². The molecule has 0 aliphatic rings. The Hall–Kier alpha value is -2.82. The molecule has 124 valence electrons. The van der Waals surface area contributed by atoms with Gasteiger partial charge >= 0.3 is 0 Å². The summed E-state index contributed by atoms with van der Waals surface area (Å²) >= 11 is 0. The van der Waals surface area contributed by atoms with Crippen LogP contribution in [0, 0.1) is 5.82 Å². The van der Waals surface area contributed by atoms with E-state index in [1.54, 1.807) is 23.7 Å². The minimum absolute atomic E-state index is 0.192. The molecule has 0 bridgehead atoms. The van der Waals surface area contributed by atoms with Crippen LogP contribution in [0.1, 0.15) is 23.0 Å². The number of nitrogens with zero attached hydrogens (tertiary/aromatic N) is 1. The largest absolute Gasteiger partial charge is 0.494 e. The molecule has 0 radical (unpaired) electrons. The van der Waals surface area contributed by atoms with Gasteiger partial charge in [0, 0.05) is 19.0 Å². The third kappa shape index (κ3) is 3.25. The molecule has 0 atom stereocenters. The average Bonchev–Trinajstić information content (AvgIpc) is 2.91. The number of aryl methyl sites for hydroxylation is 1. The lowest BCUT2D eigenvalue weighted by atomic mass is 10.2. The summed E-state index contributed by atoms with van der Waals surface area (Å²) in [7, 11) is 1.76. The normalized spacial score (nSPS) is 10.8. The number of rotatable bonds is 5. The van der Waals surface area contributed by atoms with Gasteiger partial charge in [-0.15, -0.1) is 0 Å². The maximum Gasteiger partial charge on any atom is 0.268 e. The van der Waals surface area contributed by atoms with Crippen LogP contribution in [0.2, 0.25) is 0 Å². The highest BCUT2D eigenvalue weighted by Crippen LogP contribution is 2.20. The predicted octanol–water partition coefficient (Wildman–Crippen LogP) is 3.65. The van der Waals surface area contributed by atoms with Gasteiger partial charge in [-0.2, -0.15) is 0 Å². The van der Waals surface area contributed by atoms with E-state index in [2.05, 4.69) is 5.32 Å². The van der Waals surface area contributed by atoms with E-state index in [0.29, 0.717) is 24.4 Å². The Kier molecular flexibility index (Phi) is 4.51. The molecule has 0 saturated carbocycles. The molecule has 0 saturated heterocycles. The fourth-order valence-electron chi connectivity index (χ4n) is 2.66. The minimum atomic E-state index is -0.315. The van der Waals surface area contributed by atoms with Crippen molar-refractivity contribution in [2.75, 3.05) is 6.61 Å². The molecule has 0 unspecified atom stereocenters. The van der Waals surface area contributed by atoms with E-state index in [4.69, 9.17) is 4.74 Å². The van der Waals surface area contributed by atoms with Crippen LogP contribution in [-0.2, 0) is 13.6 Å². The number of aromatic nitrogens is 1. The van der Waals surface area contributed by atoms with Crippen molar-refractivity contribution in [3.8, 4) is 5.75 Å². The number of carbonyl (C=O) groups excluding carboxylic acids is 1. The summed E-state index contributed by atoms with van der Waals surface area (Å²) < 4.78 is 20.5. The summed E-state index contributed by atoms with van der Waals surface area (Å²) in [4.78, 5) is 12.4. The van der Waals surface area contributed by atoms with Crippen LogP contribution >= 0.6 is 0 Å². The maximum atomic E-state index is 13.4. The smallest absolute Gasteiger partial charge is 0.268 e. The van der Waals surface area contributed by atoms with E-state index in [9.17, 15) is 9.18 Å². The number of nitrogens with one attached hydrogen (secondary N) is 1. The van der Waals surface area contributed by atoms with Crippen LogP contribution in [0.5, 0.6) is 5.75 Å². The zero-order chi connectivity index (χ0) is 17.1. The Bertz CT molecular complexity index is 869. The summed E-state index contributed by atoms with van der Waals surface area (Å²) in [5, 5.41) is 3.73. The number of benzene rings is 2. The van der Waals surface area contributed by atoms with Crippen molar-refractivity contribution in [2.45, 2.75) is 13.5 Å². The van der Waals surface area contributed by atoms with Crippen molar-refractivity contribution < 1.29 is 13.9 Å². The van der Waals surface area contributed by atoms with E-state index < -0.39 is 0 Å². The van der Waals surface area contributed by atoms with Crippen molar-refractivity contribution in [3.63, 3.8) is 0 Å². The predicted molar refractivity (Wildman–Crippen MR) is 91.7 cm³/mol. The molecule has 0 aliphatic heterocycles. The first-order valence-corrected chi connectivity index (χ1v) is 7.83. The molecule has 1 aromatic heterocycles. The van der Waals surface area contributed by atoms with E-state index in [-0.39, 0.29) is 11.7 Å². The highest BCUT2D eigenvalue weighted by Gasteiger charge is 2.13. The summed E-state index contributed by atoms with van der Waals surface area (Å²) in [6.45, 7) is 2.97. The van der Waals surface area contributed by atoms with Crippen LogP contribution in [0.4, 0.5) is 4.39 Å². The molecule has 1 heterocycles. The number of hydrogen-bond acceptors (Lipinski definition) is 2. The van der Waals surface area contributed by atoms with Gasteiger partial charge in [0.1, 0.15) is 17.3 Å². The second-order valence-electron chi connectivity index (χ2n) is 5.55. The van der Waals surface area contributed by atoms with Crippen molar-refractivity contribution in [1.29, 1.82) is 0 Å². The fourth-order valence-corrected chi connectivity index (χ4v) is 2.66. The van der Waals surface area contributed by atoms with Crippen molar-refractivity contribution in [2.24, 2.45) is 7.05 Å². The molecule has 1 amide bonds. The zero-order valence-corrected chi connectivity index (χ0v) is 13.7. The fraction of sp³-hybridized carbons (Fsp3) is 0.211. The van der Waals surface area contributed by atoms with Crippen LogP contribution in [0.3, 0.4) is 0 Å². The molecule has 0 spiro atoms. The lowest BCUT2D eigenvalue weighted by Crippen LogP contribution is -2.24. The molecule has 5 heteroatoms. The number of ether oxygens (including phenoxy) is 1. The Morgan fingerprint density at radius 3 is 2.62 bits per heavy atom. The number of hydrogen-bond donors (Lipinski definition) is 1. The average molecular weight is 326 g/mol. The number of carbonyl (C=O) groups is 1. The number of amides is 1. The quantitative estimate of drug-likeness (QED) is 0.778. The van der Waals surface area contributed by atoms with Gasteiger partial charge in [-0.25, -0.2) is 4.39 Å². The van der Waals surface area contributed by atoms with Gasteiger partial charge < -0.3 is 14.6 Å². The standard InChI is InChI=1S/C19H19FN2O2/c1-3-24-16-8-4-13(5-9-16)12-21-19(23)18-10-14-6-7-15(20)11-17(14)22(18)2/h4-11H,3,12H2,1-2H3,(H,21,23). The second kappa shape index (κ2) is 6.74. The van der Waals surface area contributed by atoms with Gasteiger partial charge in [0.15, 0.2) is 0 Å². The molecular weight excluding hydrogens is 307 g/mol. The third-order valence-electron chi connectivity index (χ3n) is 3.93. The molecule has 0 aliphatic carbocycles. The van der Waals surface area contributed by atoms with Crippen LogP contribution in [-0.4, -0.2) is 17.1 Å². The first kappa shape index (κ1) is 16.1.